The van der Waals surface area contributed by atoms with Crippen molar-refractivity contribution in [3.05, 3.63) is 59.7 Å². The predicted octanol–water partition coefficient (Wildman–Crippen LogP) is 2.63. The summed E-state index contributed by atoms with van der Waals surface area (Å²) in [5.74, 6) is 0.643. The Bertz CT molecular complexity index is 580. The third-order valence-corrected chi connectivity index (χ3v) is 3.52. The Morgan fingerprint density at radius 1 is 1.19 bits per heavy atom. The largest absolute Gasteiger partial charge is 0.504 e. The Morgan fingerprint density at radius 3 is 2.81 bits per heavy atom. The van der Waals surface area contributed by atoms with E-state index in [9.17, 15) is 5.11 Å². The fourth-order valence-corrected chi connectivity index (χ4v) is 2.36. The van der Waals surface area contributed by atoms with Gasteiger partial charge in [0, 0.05) is 13.1 Å². The summed E-state index contributed by atoms with van der Waals surface area (Å²) in [4.78, 5) is 0. The first-order chi connectivity index (χ1) is 10.3. The summed E-state index contributed by atoms with van der Waals surface area (Å²) in [6.45, 7) is 2.79. The van der Waals surface area contributed by atoms with Gasteiger partial charge in [-0.2, -0.15) is 0 Å². The zero-order valence-corrected chi connectivity index (χ0v) is 11.8. The van der Waals surface area contributed by atoms with Crippen LogP contribution in [0.15, 0.2) is 48.5 Å². The van der Waals surface area contributed by atoms with Crippen molar-refractivity contribution in [2.24, 2.45) is 0 Å². The number of nitrogens with one attached hydrogen (secondary N) is 1. The van der Waals surface area contributed by atoms with Crippen LogP contribution < -0.4 is 10.1 Å². The molecule has 3 rings (SSSR count). The van der Waals surface area contributed by atoms with E-state index >= 15 is 0 Å². The predicted molar refractivity (Wildman–Crippen MR) is 80.4 cm³/mol. The molecule has 0 aliphatic carbocycles. The molecule has 2 N–H and O–H groups in total. The molecule has 0 aromatic heterocycles. The van der Waals surface area contributed by atoms with Crippen LogP contribution >= 0.6 is 0 Å². The Kier molecular flexibility index (Phi) is 4.38. The third-order valence-electron chi connectivity index (χ3n) is 3.52. The summed E-state index contributed by atoms with van der Waals surface area (Å²) < 4.78 is 11.5. The molecule has 1 atom stereocenters. The Morgan fingerprint density at radius 2 is 2.05 bits per heavy atom. The van der Waals surface area contributed by atoms with Crippen molar-refractivity contribution in [1.29, 1.82) is 0 Å². The molecule has 1 unspecified atom stereocenters. The number of benzene rings is 2. The van der Waals surface area contributed by atoms with Crippen molar-refractivity contribution >= 4 is 0 Å². The Balaban J connectivity index is 1.72. The van der Waals surface area contributed by atoms with Gasteiger partial charge in [0.2, 0.25) is 0 Å². The second-order valence-electron chi connectivity index (χ2n) is 5.06. The highest BCUT2D eigenvalue weighted by molar-refractivity contribution is 5.42. The summed E-state index contributed by atoms with van der Waals surface area (Å²) in [6, 6.07) is 15.3. The average Bonchev–Trinajstić information content (AvgIpc) is 2.56. The van der Waals surface area contributed by atoms with Crippen molar-refractivity contribution in [3.63, 3.8) is 0 Å². The summed E-state index contributed by atoms with van der Waals surface area (Å²) in [6.07, 6.45) is 0.0124. The second kappa shape index (κ2) is 6.61. The molecule has 1 fully saturated rings. The van der Waals surface area contributed by atoms with Gasteiger partial charge in [0.25, 0.3) is 0 Å². The highest BCUT2D eigenvalue weighted by atomic mass is 16.5. The van der Waals surface area contributed by atoms with Crippen molar-refractivity contribution in [2.75, 3.05) is 19.7 Å². The van der Waals surface area contributed by atoms with Gasteiger partial charge in [-0.15, -0.1) is 0 Å². The number of hydrogen-bond acceptors (Lipinski definition) is 4. The van der Waals surface area contributed by atoms with Crippen molar-refractivity contribution in [3.8, 4) is 11.5 Å². The minimum atomic E-state index is 0.0124. The molecule has 1 aliphatic heterocycles. The molecule has 0 radical (unpaired) electrons. The highest BCUT2D eigenvalue weighted by Crippen LogP contribution is 2.31. The van der Waals surface area contributed by atoms with Crippen LogP contribution in [0.25, 0.3) is 0 Å². The fourth-order valence-electron chi connectivity index (χ4n) is 2.36. The Hall–Kier alpha value is -2.04. The van der Waals surface area contributed by atoms with Crippen LogP contribution in [0.1, 0.15) is 17.2 Å². The molecule has 1 saturated heterocycles. The van der Waals surface area contributed by atoms with E-state index in [-0.39, 0.29) is 11.9 Å². The molecule has 1 heterocycles. The van der Waals surface area contributed by atoms with E-state index in [0.29, 0.717) is 19.0 Å². The van der Waals surface area contributed by atoms with Gasteiger partial charge >= 0.3 is 0 Å². The maximum Gasteiger partial charge on any atom is 0.161 e. The topological polar surface area (TPSA) is 50.7 Å². The highest BCUT2D eigenvalue weighted by Gasteiger charge is 2.17. The van der Waals surface area contributed by atoms with Gasteiger partial charge in [-0.3, -0.25) is 0 Å². The second-order valence-corrected chi connectivity index (χ2v) is 5.06. The molecule has 0 bridgehead atoms. The van der Waals surface area contributed by atoms with Crippen LogP contribution in [0.5, 0.6) is 11.5 Å². The molecular formula is C17H19NO3. The summed E-state index contributed by atoms with van der Waals surface area (Å²) in [7, 11) is 0. The van der Waals surface area contributed by atoms with Crippen LogP contribution in [0.4, 0.5) is 0 Å². The lowest BCUT2D eigenvalue weighted by molar-refractivity contribution is 0.0275. The van der Waals surface area contributed by atoms with Gasteiger partial charge in [-0.1, -0.05) is 36.4 Å². The molecule has 0 saturated carbocycles. The van der Waals surface area contributed by atoms with E-state index in [1.165, 1.54) is 0 Å². The molecule has 0 spiro atoms. The van der Waals surface area contributed by atoms with E-state index in [1.807, 2.05) is 42.5 Å². The molecular weight excluding hydrogens is 266 g/mol. The molecule has 0 amide bonds. The molecule has 1 aliphatic rings. The number of phenols is 1. The van der Waals surface area contributed by atoms with E-state index < -0.39 is 0 Å². The summed E-state index contributed by atoms with van der Waals surface area (Å²) in [5.41, 5.74) is 2.08. The van der Waals surface area contributed by atoms with Gasteiger partial charge in [0.15, 0.2) is 11.5 Å². The van der Waals surface area contributed by atoms with Crippen LogP contribution in [-0.2, 0) is 11.3 Å². The first kappa shape index (κ1) is 13.9. The maximum atomic E-state index is 9.93. The molecule has 2 aromatic rings. The first-order valence-electron chi connectivity index (χ1n) is 7.15. The number of aromatic hydroxyl groups is 1. The standard InChI is InChI=1S/C17H19NO3/c19-15-7-6-14(17-11-18-8-9-20-17)10-16(15)21-12-13-4-2-1-3-5-13/h1-7,10,17-19H,8-9,11-12H2. The van der Waals surface area contributed by atoms with Gasteiger partial charge in [-0.05, 0) is 23.3 Å². The zero-order chi connectivity index (χ0) is 14.5. The quantitative estimate of drug-likeness (QED) is 0.906. The lowest BCUT2D eigenvalue weighted by atomic mass is 10.1. The molecule has 110 valence electrons. The minimum Gasteiger partial charge on any atom is -0.504 e. The molecule has 21 heavy (non-hydrogen) atoms. The molecule has 2 aromatic carbocycles. The smallest absolute Gasteiger partial charge is 0.161 e. The number of rotatable bonds is 4. The van der Waals surface area contributed by atoms with Crippen molar-refractivity contribution < 1.29 is 14.6 Å². The van der Waals surface area contributed by atoms with Gasteiger partial charge in [0.1, 0.15) is 6.61 Å². The van der Waals surface area contributed by atoms with Gasteiger partial charge in [-0.25, -0.2) is 0 Å². The number of morpholine rings is 1. The van der Waals surface area contributed by atoms with E-state index in [1.54, 1.807) is 6.07 Å². The van der Waals surface area contributed by atoms with E-state index in [0.717, 1.165) is 24.2 Å². The normalized spacial score (nSPS) is 18.4. The van der Waals surface area contributed by atoms with Crippen LogP contribution in [0.2, 0.25) is 0 Å². The van der Waals surface area contributed by atoms with Gasteiger partial charge in [0.05, 0.1) is 12.7 Å². The average molecular weight is 285 g/mol. The number of ether oxygens (including phenoxy) is 2. The van der Waals surface area contributed by atoms with Gasteiger partial charge < -0.3 is 19.9 Å². The number of hydrogen-bond donors (Lipinski definition) is 2. The zero-order valence-electron chi connectivity index (χ0n) is 11.8. The van der Waals surface area contributed by atoms with Crippen LogP contribution in [0, 0.1) is 0 Å². The monoisotopic (exact) mass is 285 g/mol. The molecule has 4 nitrogen and oxygen atoms in total. The van der Waals surface area contributed by atoms with Crippen molar-refractivity contribution in [1.82, 2.24) is 5.32 Å². The van der Waals surface area contributed by atoms with Crippen molar-refractivity contribution in [2.45, 2.75) is 12.7 Å². The third kappa shape index (κ3) is 3.54. The van der Waals surface area contributed by atoms with E-state index in [2.05, 4.69) is 5.32 Å². The maximum absolute atomic E-state index is 9.93. The summed E-state index contributed by atoms with van der Waals surface area (Å²) >= 11 is 0. The molecule has 4 heteroatoms. The van der Waals surface area contributed by atoms with E-state index in [4.69, 9.17) is 9.47 Å². The van der Waals surface area contributed by atoms with Crippen LogP contribution in [-0.4, -0.2) is 24.8 Å². The fraction of sp³-hybridized carbons (Fsp3) is 0.294. The first-order valence-corrected chi connectivity index (χ1v) is 7.15. The lowest BCUT2D eigenvalue weighted by Crippen LogP contribution is -2.33. The lowest BCUT2D eigenvalue weighted by Gasteiger charge is -2.24. The van der Waals surface area contributed by atoms with Crippen LogP contribution in [0.3, 0.4) is 0 Å². The Labute approximate surface area is 124 Å². The summed E-state index contributed by atoms with van der Waals surface area (Å²) in [5, 5.41) is 13.2. The SMILES string of the molecule is Oc1ccc(C2CNCCO2)cc1OCc1ccccc1. The number of phenolic OH excluding ortho intramolecular Hbond substituents is 1. The minimum absolute atomic E-state index is 0.0124.